The van der Waals surface area contributed by atoms with Gasteiger partial charge in [0.1, 0.15) is 11.3 Å². The molecule has 4 rings (SSSR count). The van der Waals surface area contributed by atoms with Gasteiger partial charge in [-0.05, 0) is 67.5 Å². The molecule has 0 aliphatic carbocycles. The van der Waals surface area contributed by atoms with E-state index in [1.165, 1.54) is 0 Å². The Bertz CT molecular complexity index is 941. The van der Waals surface area contributed by atoms with Gasteiger partial charge in [0.15, 0.2) is 5.11 Å². The number of morpholine rings is 1. The number of nitrogens with zero attached hydrogens (tertiary/aromatic N) is 2. The van der Waals surface area contributed by atoms with Crippen molar-refractivity contribution in [2.45, 2.75) is 19.4 Å². The molecule has 2 aromatic carbocycles. The number of benzene rings is 2. The van der Waals surface area contributed by atoms with Crippen molar-refractivity contribution in [1.29, 1.82) is 0 Å². The summed E-state index contributed by atoms with van der Waals surface area (Å²) in [5, 5.41) is 3.65. The van der Waals surface area contributed by atoms with E-state index in [1.54, 1.807) is 12.0 Å². The van der Waals surface area contributed by atoms with Gasteiger partial charge in [0, 0.05) is 18.8 Å². The van der Waals surface area contributed by atoms with Crippen LogP contribution >= 0.6 is 12.2 Å². The van der Waals surface area contributed by atoms with E-state index in [0.717, 1.165) is 54.6 Å². The summed E-state index contributed by atoms with van der Waals surface area (Å²) in [6.07, 6.45) is 0. The summed E-state index contributed by atoms with van der Waals surface area (Å²) in [7, 11) is 1.62. The molecule has 2 saturated heterocycles. The summed E-state index contributed by atoms with van der Waals surface area (Å²) < 4.78 is 10.7. The third-order valence-corrected chi connectivity index (χ3v) is 5.94. The molecule has 2 aliphatic rings. The summed E-state index contributed by atoms with van der Waals surface area (Å²) in [6, 6.07) is 13.7. The quantitative estimate of drug-likeness (QED) is 0.781. The minimum atomic E-state index is -0.910. The standard InChI is InChI=1S/C22H25N3O3S/c1-15-14-18(27-3)8-9-19(15)25-20(26)22(2,23-21(25)29)16-4-6-17(7-5-16)24-10-12-28-13-11-24/h4-9,14H,10-13H2,1-3H3,(H,23,29). The highest BCUT2D eigenvalue weighted by molar-refractivity contribution is 7.80. The first-order valence-corrected chi connectivity index (χ1v) is 10.1. The van der Waals surface area contributed by atoms with Gasteiger partial charge in [-0.3, -0.25) is 9.69 Å². The normalized spacial score (nSPS) is 22.0. The number of hydrogen-bond acceptors (Lipinski definition) is 5. The van der Waals surface area contributed by atoms with Crippen LogP contribution in [0, 0.1) is 6.92 Å². The Balaban J connectivity index is 1.61. The second-order valence-corrected chi connectivity index (χ2v) is 7.88. The van der Waals surface area contributed by atoms with E-state index in [2.05, 4.69) is 22.3 Å². The van der Waals surface area contributed by atoms with Crippen LogP contribution in [0.1, 0.15) is 18.1 Å². The van der Waals surface area contributed by atoms with E-state index in [9.17, 15) is 4.79 Å². The van der Waals surface area contributed by atoms with Gasteiger partial charge in [0.2, 0.25) is 0 Å². The molecule has 152 valence electrons. The van der Waals surface area contributed by atoms with Crippen LogP contribution in [0.15, 0.2) is 42.5 Å². The number of carbonyl (C=O) groups excluding carboxylic acids is 1. The SMILES string of the molecule is COc1ccc(N2C(=O)C(C)(c3ccc(N4CCOCC4)cc3)NC2=S)c(C)c1. The number of methoxy groups -OCH3 is 1. The van der Waals surface area contributed by atoms with Gasteiger partial charge in [0.25, 0.3) is 5.91 Å². The number of rotatable bonds is 4. The zero-order valence-corrected chi connectivity index (χ0v) is 17.7. The van der Waals surface area contributed by atoms with Crippen molar-refractivity contribution in [1.82, 2.24) is 5.32 Å². The summed E-state index contributed by atoms with van der Waals surface area (Å²) in [5.74, 6) is 0.660. The predicted molar refractivity (Wildman–Crippen MR) is 118 cm³/mol. The zero-order chi connectivity index (χ0) is 20.6. The maximum atomic E-state index is 13.4. The fourth-order valence-electron chi connectivity index (χ4n) is 3.89. The minimum Gasteiger partial charge on any atom is -0.497 e. The van der Waals surface area contributed by atoms with E-state index in [0.29, 0.717) is 5.11 Å². The third-order valence-electron chi connectivity index (χ3n) is 5.66. The number of nitrogens with one attached hydrogen (secondary N) is 1. The lowest BCUT2D eigenvalue weighted by Gasteiger charge is -2.30. The second kappa shape index (κ2) is 7.65. The first kappa shape index (κ1) is 19.7. The largest absolute Gasteiger partial charge is 0.497 e. The topological polar surface area (TPSA) is 54.0 Å². The molecule has 0 spiro atoms. The molecule has 0 saturated carbocycles. The highest BCUT2D eigenvalue weighted by atomic mass is 32.1. The molecule has 1 N–H and O–H groups in total. The van der Waals surface area contributed by atoms with Gasteiger partial charge in [-0.15, -0.1) is 0 Å². The van der Waals surface area contributed by atoms with Crippen LogP contribution in [0.3, 0.4) is 0 Å². The van der Waals surface area contributed by atoms with Crippen LogP contribution in [0.4, 0.5) is 11.4 Å². The minimum absolute atomic E-state index is 0.0881. The van der Waals surface area contributed by atoms with Gasteiger partial charge in [-0.1, -0.05) is 12.1 Å². The van der Waals surface area contributed by atoms with Crippen molar-refractivity contribution < 1.29 is 14.3 Å². The summed E-state index contributed by atoms with van der Waals surface area (Å²) in [6.45, 7) is 7.06. The van der Waals surface area contributed by atoms with Gasteiger partial charge in [-0.2, -0.15) is 0 Å². The summed E-state index contributed by atoms with van der Waals surface area (Å²) >= 11 is 5.54. The van der Waals surface area contributed by atoms with Crippen LogP contribution in [-0.2, 0) is 15.1 Å². The molecular weight excluding hydrogens is 386 g/mol. The van der Waals surface area contributed by atoms with Crippen molar-refractivity contribution in [3.8, 4) is 5.75 Å². The first-order chi connectivity index (χ1) is 13.9. The highest BCUT2D eigenvalue weighted by Crippen LogP contribution is 2.35. The summed E-state index contributed by atoms with van der Waals surface area (Å²) in [5.41, 5.74) is 2.80. The van der Waals surface area contributed by atoms with Crippen LogP contribution in [0.5, 0.6) is 5.75 Å². The van der Waals surface area contributed by atoms with Crippen molar-refractivity contribution in [3.05, 3.63) is 53.6 Å². The lowest BCUT2D eigenvalue weighted by Crippen LogP contribution is -2.41. The zero-order valence-electron chi connectivity index (χ0n) is 16.9. The number of aryl methyl sites for hydroxylation is 1. The molecule has 7 heteroatoms. The number of carbonyl (C=O) groups is 1. The van der Waals surface area contributed by atoms with Crippen LogP contribution in [-0.4, -0.2) is 44.4 Å². The average Bonchev–Trinajstić information content (AvgIpc) is 2.98. The van der Waals surface area contributed by atoms with Crippen LogP contribution in [0.2, 0.25) is 0 Å². The lowest BCUT2D eigenvalue weighted by molar-refractivity contribution is -0.121. The van der Waals surface area contributed by atoms with E-state index in [-0.39, 0.29) is 5.91 Å². The fraction of sp³-hybridized carbons (Fsp3) is 0.364. The predicted octanol–water partition coefficient (Wildman–Crippen LogP) is 2.98. The Morgan fingerprint density at radius 3 is 2.45 bits per heavy atom. The number of ether oxygens (including phenoxy) is 2. The number of thiocarbonyl (C=S) groups is 1. The molecule has 2 heterocycles. The van der Waals surface area contributed by atoms with Crippen molar-refractivity contribution in [3.63, 3.8) is 0 Å². The van der Waals surface area contributed by atoms with E-state index >= 15 is 0 Å². The molecule has 0 bridgehead atoms. The Labute approximate surface area is 176 Å². The first-order valence-electron chi connectivity index (χ1n) is 9.68. The summed E-state index contributed by atoms with van der Waals surface area (Å²) in [4.78, 5) is 17.3. The van der Waals surface area contributed by atoms with Crippen LogP contribution < -0.4 is 19.9 Å². The number of amides is 1. The molecule has 2 fully saturated rings. The third kappa shape index (κ3) is 3.45. The molecule has 1 amide bonds. The molecule has 2 aliphatic heterocycles. The number of anilines is 2. The smallest absolute Gasteiger partial charge is 0.263 e. The lowest BCUT2D eigenvalue weighted by atomic mass is 9.91. The molecule has 0 radical (unpaired) electrons. The molecule has 6 nitrogen and oxygen atoms in total. The maximum absolute atomic E-state index is 13.4. The second-order valence-electron chi connectivity index (χ2n) is 7.49. The Morgan fingerprint density at radius 2 is 1.83 bits per heavy atom. The van der Waals surface area contributed by atoms with Crippen LogP contribution in [0.25, 0.3) is 0 Å². The van der Waals surface area contributed by atoms with Gasteiger partial charge < -0.3 is 19.7 Å². The van der Waals surface area contributed by atoms with Crippen molar-refractivity contribution >= 4 is 34.6 Å². The van der Waals surface area contributed by atoms with E-state index in [1.807, 2.05) is 44.2 Å². The molecule has 29 heavy (non-hydrogen) atoms. The molecule has 1 atom stereocenters. The van der Waals surface area contributed by atoms with Crippen molar-refractivity contribution in [2.24, 2.45) is 0 Å². The average molecular weight is 412 g/mol. The maximum Gasteiger partial charge on any atom is 0.263 e. The van der Waals surface area contributed by atoms with Gasteiger partial charge >= 0.3 is 0 Å². The Kier molecular flexibility index (Phi) is 5.19. The molecular formula is C22H25N3O3S. The fourth-order valence-corrected chi connectivity index (χ4v) is 4.27. The molecule has 1 unspecified atom stereocenters. The molecule has 2 aromatic rings. The van der Waals surface area contributed by atoms with Gasteiger partial charge in [0.05, 0.1) is 26.0 Å². The van der Waals surface area contributed by atoms with Crippen molar-refractivity contribution in [2.75, 3.05) is 43.2 Å². The van der Waals surface area contributed by atoms with Gasteiger partial charge in [-0.25, -0.2) is 0 Å². The Hall–Kier alpha value is -2.64. The van der Waals surface area contributed by atoms with E-state index < -0.39 is 5.54 Å². The molecule has 0 aromatic heterocycles. The highest BCUT2D eigenvalue weighted by Gasteiger charge is 2.48. The number of hydrogen-bond donors (Lipinski definition) is 1. The monoisotopic (exact) mass is 411 g/mol. The Morgan fingerprint density at radius 1 is 1.14 bits per heavy atom. The van der Waals surface area contributed by atoms with E-state index in [4.69, 9.17) is 21.7 Å².